The molecule has 0 fully saturated rings. The van der Waals surface area contributed by atoms with Crippen LogP contribution in [0.5, 0.6) is 0 Å². The third-order valence-electron chi connectivity index (χ3n) is 1.04. The maximum atomic E-state index is 8.84. The van der Waals surface area contributed by atoms with Crippen LogP contribution < -0.4 is 0 Å². The van der Waals surface area contributed by atoms with Gasteiger partial charge in [0.1, 0.15) is 6.10 Å². The van der Waals surface area contributed by atoms with Crippen LogP contribution in [0.3, 0.4) is 0 Å². The first-order chi connectivity index (χ1) is 3.68. The number of hydrogen-bond acceptors (Lipinski definition) is 2. The number of rotatable bonds is 3. The molecule has 0 saturated heterocycles. The van der Waals surface area contributed by atoms with Crippen molar-refractivity contribution in [1.29, 1.82) is 0 Å². The van der Waals surface area contributed by atoms with Crippen LogP contribution in [0.4, 0.5) is 0 Å². The van der Waals surface area contributed by atoms with E-state index in [4.69, 9.17) is 10.2 Å². The van der Waals surface area contributed by atoms with Crippen LogP contribution in [-0.2, 0) is 0 Å². The summed E-state index contributed by atoms with van der Waals surface area (Å²) in [5.74, 6) is 0. The molecule has 0 aromatic heterocycles. The Morgan fingerprint density at radius 1 is 1.62 bits per heavy atom. The van der Waals surface area contributed by atoms with Crippen molar-refractivity contribution in [2.75, 3.05) is 0 Å². The highest BCUT2D eigenvalue weighted by molar-refractivity contribution is 4.77. The van der Waals surface area contributed by atoms with Crippen LogP contribution in [0.25, 0.3) is 0 Å². The summed E-state index contributed by atoms with van der Waals surface area (Å²) in [5, 5.41) is 17.5. The van der Waals surface area contributed by atoms with E-state index in [1.165, 1.54) is 6.92 Å². The second-order valence-electron chi connectivity index (χ2n) is 1.95. The van der Waals surface area contributed by atoms with Crippen molar-refractivity contribution in [2.45, 2.75) is 32.8 Å². The van der Waals surface area contributed by atoms with Gasteiger partial charge in [0.05, 0.1) is 6.10 Å². The van der Waals surface area contributed by atoms with E-state index in [1.54, 1.807) is 0 Å². The largest absolute Gasteiger partial charge is 0.390 e. The van der Waals surface area contributed by atoms with Gasteiger partial charge in [0, 0.05) is 0 Å². The van der Waals surface area contributed by atoms with Gasteiger partial charge in [0.25, 0.3) is 0 Å². The summed E-state index contributed by atoms with van der Waals surface area (Å²) < 4.78 is 0. The van der Waals surface area contributed by atoms with Crippen molar-refractivity contribution in [3.8, 4) is 0 Å². The molecule has 0 heterocycles. The summed E-state index contributed by atoms with van der Waals surface area (Å²) in [7, 11) is 0. The smallest absolute Gasteiger partial charge is 0.118 e. The molecule has 2 heteroatoms. The Balaban J connectivity index is 3.17. The second-order valence-corrected chi connectivity index (χ2v) is 1.95. The predicted molar refractivity (Wildman–Crippen MR) is 31.8 cm³/mol. The van der Waals surface area contributed by atoms with E-state index in [9.17, 15) is 0 Å². The maximum absolute atomic E-state index is 8.84. The van der Waals surface area contributed by atoms with Crippen molar-refractivity contribution in [1.82, 2.24) is 0 Å². The lowest BCUT2D eigenvalue weighted by Gasteiger charge is -2.09. The van der Waals surface area contributed by atoms with Gasteiger partial charge in [-0.05, 0) is 13.3 Å². The Kier molecular flexibility index (Phi) is 3.83. The first-order valence-corrected chi connectivity index (χ1v) is 2.89. The van der Waals surface area contributed by atoms with Crippen LogP contribution in [0.15, 0.2) is 0 Å². The average Bonchev–Trinajstić information content (AvgIpc) is 1.67. The molecule has 0 aromatic carbocycles. The Morgan fingerprint density at radius 3 is 2.25 bits per heavy atom. The molecule has 1 atom stereocenters. The molecule has 0 amide bonds. The number of hydrogen-bond donors (Lipinski definition) is 2. The highest BCUT2D eigenvalue weighted by Gasteiger charge is 2.08. The summed E-state index contributed by atoms with van der Waals surface area (Å²) >= 11 is 0. The first-order valence-electron chi connectivity index (χ1n) is 2.89. The molecule has 1 radical (unpaired) electrons. The first kappa shape index (κ1) is 7.92. The summed E-state index contributed by atoms with van der Waals surface area (Å²) in [6.45, 7) is 3.48. The monoisotopic (exact) mass is 117 g/mol. The minimum absolute atomic E-state index is 0.117. The van der Waals surface area contributed by atoms with Gasteiger partial charge in [-0.1, -0.05) is 13.3 Å². The molecule has 0 bridgehead atoms. The standard InChI is InChI=1S/C6H13O2/c1-3-4-6(8)5(2)7/h6-8H,3-4H2,1-2H3. The van der Waals surface area contributed by atoms with Crippen molar-refractivity contribution in [3.63, 3.8) is 0 Å². The molecular formula is C6H13O2. The van der Waals surface area contributed by atoms with Crippen molar-refractivity contribution >= 4 is 0 Å². The van der Waals surface area contributed by atoms with Gasteiger partial charge in [0.2, 0.25) is 0 Å². The zero-order chi connectivity index (χ0) is 6.57. The molecule has 2 N–H and O–H groups in total. The van der Waals surface area contributed by atoms with Gasteiger partial charge in [-0.3, -0.25) is 0 Å². The summed E-state index contributed by atoms with van der Waals surface area (Å²) in [6.07, 6.45) is 1.06. The molecule has 49 valence electrons. The van der Waals surface area contributed by atoms with Crippen LogP contribution in [0.1, 0.15) is 26.7 Å². The second kappa shape index (κ2) is 3.87. The molecule has 0 aliphatic rings. The van der Waals surface area contributed by atoms with E-state index in [2.05, 4.69) is 0 Å². The Morgan fingerprint density at radius 2 is 2.12 bits per heavy atom. The molecule has 0 aromatic rings. The molecule has 1 unspecified atom stereocenters. The quantitative estimate of drug-likeness (QED) is 0.580. The van der Waals surface area contributed by atoms with Crippen LogP contribution in [-0.4, -0.2) is 16.3 Å². The molecular weight excluding hydrogens is 104 g/mol. The fourth-order valence-corrected chi connectivity index (χ4v) is 0.482. The van der Waals surface area contributed by atoms with Crippen LogP contribution in [0.2, 0.25) is 0 Å². The van der Waals surface area contributed by atoms with Gasteiger partial charge in [-0.25, -0.2) is 0 Å². The highest BCUT2D eigenvalue weighted by Crippen LogP contribution is 2.05. The van der Waals surface area contributed by atoms with E-state index in [1.807, 2.05) is 6.92 Å². The molecule has 0 rings (SSSR count). The molecule has 0 saturated carbocycles. The normalized spacial score (nSPS) is 14.6. The van der Waals surface area contributed by atoms with Gasteiger partial charge in [0.15, 0.2) is 0 Å². The van der Waals surface area contributed by atoms with E-state index >= 15 is 0 Å². The molecule has 0 aliphatic heterocycles. The topological polar surface area (TPSA) is 40.5 Å². The average molecular weight is 117 g/mol. The van der Waals surface area contributed by atoms with E-state index in [-0.39, 0.29) is 6.10 Å². The lowest BCUT2D eigenvalue weighted by atomic mass is 10.1. The minimum Gasteiger partial charge on any atom is -0.390 e. The van der Waals surface area contributed by atoms with Crippen LogP contribution in [0, 0.1) is 6.10 Å². The van der Waals surface area contributed by atoms with Gasteiger partial charge < -0.3 is 10.2 Å². The molecule has 0 aliphatic carbocycles. The molecule has 8 heavy (non-hydrogen) atoms. The van der Waals surface area contributed by atoms with Crippen LogP contribution >= 0.6 is 0 Å². The van der Waals surface area contributed by atoms with Crippen molar-refractivity contribution < 1.29 is 10.2 Å². The van der Waals surface area contributed by atoms with Gasteiger partial charge in [-0.15, -0.1) is 0 Å². The Labute approximate surface area is 50.2 Å². The van der Waals surface area contributed by atoms with E-state index in [0.29, 0.717) is 6.42 Å². The fraction of sp³-hybridized carbons (Fsp3) is 0.833. The molecule has 0 spiro atoms. The van der Waals surface area contributed by atoms with Crippen molar-refractivity contribution in [2.24, 2.45) is 0 Å². The lowest BCUT2D eigenvalue weighted by molar-refractivity contribution is 0.0964. The fourth-order valence-electron chi connectivity index (χ4n) is 0.482. The highest BCUT2D eigenvalue weighted by atomic mass is 16.3. The number of aliphatic hydroxyl groups excluding tert-OH is 2. The maximum Gasteiger partial charge on any atom is 0.118 e. The summed E-state index contributed by atoms with van der Waals surface area (Å²) in [4.78, 5) is 0. The third kappa shape index (κ3) is 2.99. The number of aliphatic hydroxyl groups is 2. The Bertz CT molecular complexity index is 52.5. The third-order valence-corrected chi connectivity index (χ3v) is 1.04. The van der Waals surface area contributed by atoms with Gasteiger partial charge in [-0.2, -0.15) is 0 Å². The summed E-state index contributed by atoms with van der Waals surface area (Å²) in [5.41, 5.74) is 0. The summed E-state index contributed by atoms with van der Waals surface area (Å²) in [6, 6.07) is 0. The Hall–Kier alpha value is -0.0800. The van der Waals surface area contributed by atoms with Crippen molar-refractivity contribution in [3.05, 3.63) is 6.10 Å². The lowest BCUT2D eigenvalue weighted by Crippen LogP contribution is -2.13. The zero-order valence-corrected chi connectivity index (χ0v) is 5.39. The van der Waals surface area contributed by atoms with Gasteiger partial charge >= 0.3 is 0 Å². The van der Waals surface area contributed by atoms with E-state index < -0.39 is 6.10 Å². The molecule has 2 nitrogen and oxygen atoms in total. The zero-order valence-electron chi connectivity index (χ0n) is 5.39. The van der Waals surface area contributed by atoms with E-state index in [0.717, 1.165) is 6.42 Å². The SMILES string of the molecule is CCCC(O)[C](C)O. The minimum atomic E-state index is -0.611. The predicted octanol–water partition coefficient (Wildman–Crippen LogP) is 1.07.